The van der Waals surface area contributed by atoms with Crippen molar-refractivity contribution >= 4 is 23.1 Å². The van der Waals surface area contributed by atoms with Crippen LogP contribution in [0.2, 0.25) is 0 Å². The fraction of sp³-hybridized carbons (Fsp3) is 0.230. The maximum absolute atomic E-state index is 5.50. The van der Waals surface area contributed by atoms with Gasteiger partial charge in [-0.2, -0.15) is 0 Å². The van der Waals surface area contributed by atoms with E-state index in [0.29, 0.717) is 0 Å². The van der Waals surface area contributed by atoms with Gasteiger partial charge in [-0.25, -0.2) is 4.98 Å². The van der Waals surface area contributed by atoms with Crippen LogP contribution in [0, 0.1) is 0 Å². The summed E-state index contributed by atoms with van der Waals surface area (Å²) >= 11 is 0. The van der Waals surface area contributed by atoms with Crippen LogP contribution in [-0.4, -0.2) is 4.98 Å². The van der Waals surface area contributed by atoms with E-state index in [9.17, 15) is 0 Å². The molecule has 17 aromatic carbocycles. The molecule has 0 saturated heterocycles. The maximum Gasteiger partial charge on any atom is 0.0721 e. The van der Waals surface area contributed by atoms with E-state index in [1.165, 1.54) is 106 Å². The lowest BCUT2D eigenvalue weighted by molar-refractivity contribution is 0.590. The van der Waals surface area contributed by atoms with E-state index >= 15 is 0 Å². The van der Waals surface area contributed by atoms with Crippen molar-refractivity contribution in [1.29, 1.82) is 0 Å². The molecule has 0 amide bonds. The number of nitrogens with zero attached hydrogens (tertiary/aromatic N) is 1. The standard InChI is InChI=1S/C139H135N/c1-132(2,3)121-49-33-88(34-50-121)100-66-101(89-35-51-122(52-36-89)133(4,5)6)71-109(70-100)115-81-116(110-72-102(90-37-53-123(54-38-90)134(7,8)9)67-103(73-110)91-39-55-124(56-40-91)135(10,11)12)84-119(83-115)113-78-108(97-28-25-29-98(65-97)130-87-99-32-31-96-27-26-30-129(140-130)131(96)99)79-114(80-113)120-85-117(111-74-104(92-41-57-125(58-42-92)136(13,14)15)68-105(75-111)93-43-59-126(60-44-93)137(16,17)18)82-118(86-120)112-76-106(94-45-61-127(62-46-94)138(19,20)21)69-107(77-112)95-47-63-128(64-48-95)139(22,23)24/h25-87H,1-24H3. The van der Waals surface area contributed by atoms with Crippen molar-refractivity contribution in [2.45, 2.75) is 209 Å². The molecule has 1 aliphatic rings. The predicted molar refractivity (Wildman–Crippen MR) is 607 cm³/mol. The molecule has 0 fully saturated rings. The Kier molecular flexibility index (Phi) is 24.6. The lowest BCUT2D eigenvalue weighted by Gasteiger charge is -2.21. The zero-order valence-electron chi connectivity index (χ0n) is 86.8. The minimum absolute atomic E-state index is 0.0249. The molecule has 1 heterocycles. The summed E-state index contributed by atoms with van der Waals surface area (Å²) in [5.41, 5.74) is 49.6. The Labute approximate surface area is 835 Å². The highest BCUT2D eigenvalue weighted by molar-refractivity contribution is 6.05. The van der Waals surface area contributed by atoms with Crippen molar-refractivity contribution in [3.63, 3.8) is 0 Å². The first-order valence-electron chi connectivity index (χ1n) is 50.4. The van der Waals surface area contributed by atoms with Gasteiger partial charge in [-0.1, -0.05) is 403 Å². The van der Waals surface area contributed by atoms with E-state index in [0.717, 1.165) is 139 Å². The van der Waals surface area contributed by atoms with Crippen molar-refractivity contribution in [3.8, 4) is 178 Å². The topological polar surface area (TPSA) is 12.9 Å². The molecule has 0 unspecified atom stereocenters. The van der Waals surface area contributed by atoms with Gasteiger partial charge < -0.3 is 0 Å². The number of pyridine rings is 1. The second-order valence-electron chi connectivity index (χ2n) is 48.0. The van der Waals surface area contributed by atoms with Crippen molar-refractivity contribution in [3.05, 3.63) is 426 Å². The molecule has 140 heavy (non-hydrogen) atoms. The zero-order chi connectivity index (χ0) is 98.7. The van der Waals surface area contributed by atoms with Gasteiger partial charge in [0.25, 0.3) is 0 Å². The summed E-state index contributed by atoms with van der Waals surface area (Å²) < 4.78 is 0. The van der Waals surface area contributed by atoms with Crippen LogP contribution in [0.5, 0.6) is 0 Å². The molecule has 19 rings (SSSR count). The van der Waals surface area contributed by atoms with Crippen molar-refractivity contribution in [1.82, 2.24) is 4.98 Å². The van der Waals surface area contributed by atoms with Gasteiger partial charge in [0.15, 0.2) is 0 Å². The van der Waals surface area contributed by atoms with E-state index in [-0.39, 0.29) is 43.3 Å². The third-order valence-electron chi connectivity index (χ3n) is 29.0. The highest BCUT2D eigenvalue weighted by Crippen LogP contribution is 2.49. The first-order chi connectivity index (χ1) is 66.3. The number of rotatable bonds is 16. The summed E-state index contributed by atoms with van der Waals surface area (Å²) in [6, 6.07) is 144. The molecule has 0 atom stereocenters. The van der Waals surface area contributed by atoms with Crippen LogP contribution in [0.25, 0.3) is 201 Å². The SMILES string of the molecule is CC(C)(C)c1ccc(-c2cc(-c3ccc(C(C)(C)C)cc3)cc(-c3cc(-c4cc(-c5ccc(C(C)(C)C)cc5)cc(-c5ccc(C(C)(C)C)cc5)c4)cc(-c4cc(-c5cc(-c6cc(-c7ccc(C(C)(C)C)cc7)cc(-c7ccc(C(C)(C)C)cc7)c6)cc(-c6cc(-c7ccc(C(C)(C)C)cc7)cc(-c7ccc(C(C)(C)C)cc7)c6)c5)cc(-c5cccc(-c6cc7c8c(cccc8n6)C=C7)c5)c4)c3)c2)cc1. The molecule has 0 spiro atoms. The average molecular weight is 1820 g/mol. The monoisotopic (exact) mass is 1820 g/mol. The van der Waals surface area contributed by atoms with E-state index < -0.39 is 0 Å². The molecule has 0 saturated carbocycles. The van der Waals surface area contributed by atoms with Crippen molar-refractivity contribution in [2.75, 3.05) is 0 Å². The van der Waals surface area contributed by atoms with Gasteiger partial charge >= 0.3 is 0 Å². The molecule has 1 heteroatoms. The number of hydrogen-bond acceptors (Lipinski definition) is 1. The summed E-state index contributed by atoms with van der Waals surface area (Å²) in [7, 11) is 0. The summed E-state index contributed by atoms with van der Waals surface area (Å²) in [5, 5.41) is 1.20. The Morgan fingerprint density at radius 2 is 0.279 bits per heavy atom. The highest BCUT2D eigenvalue weighted by Gasteiger charge is 2.27. The Morgan fingerprint density at radius 1 is 0.129 bits per heavy atom. The maximum atomic E-state index is 5.50. The lowest BCUT2D eigenvalue weighted by atomic mass is 9.84. The summed E-state index contributed by atoms with van der Waals surface area (Å²) in [4.78, 5) is 5.50. The van der Waals surface area contributed by atoms with Crippen LogP contribution in [0.15, 0.2) is 370 Å². The Balaban J connectivity index is 0.910. The summed E-state index contributed by atoms with van der Waals surface area (Å²) in [5.74, 6) is 0. The van der Waals surface area contributed by atoms with Gasteiger partial charge in [-0.15, -0.1) is 0 Å². The highest BCUT2D eigenvalue weighted by atomic mass is 14.7. The Bertz CT molecular complexity index is 6700. The molecule has 0 aliphatic heterocycles. The number of benzene rings is 17. The second kappa shape index (κ2) is 36.3. The molecule has 18 aromatic rings. The van der Waals surface area contributed by atoms with Gasteiger partial charge in [0.1, 0.15) is 0 Å². The summed E-state index contributed by atoms with van der Waals surface area (Å²) in [6.45, 7) is 55.3. The average Bonchev–Trinajstić information content (AvgIpc) is 1.71. The number of hydrogen-bond donors (Lipinski definition) is 0. The first kappa shape index (κ1) is 94.8. The van der Waals surface area contributed by atoms with E-state index in [1.807, 2.05) is 0 Å². The first-order valence-corrected chi connectivity index (χ1v) is 50.4. The normalized spacial score (nSPS) is 12.7. The smallest absolute Gasteiger partial charge is 0.0721 e. The van der Waals surface area contributed by atoms with E-state index in [2.05, 4.69) is 548 Å². The molecule has 1 nitrogen and oxygen atoms in total. The molecule has 1 aromatic heterocycles. The Hall–Kier alpha value is -14.1. The Morgan fingerprint density at radius 3 is 0.464 bits per heavy atom. The van der Waals surface area contributed by atoms with E-state index in [1.54, 1.807) is 0 Å². The van der Waals surface area contributed by atoms with Gasteiger partial charge in [-0.05, 0) is 411 Å². The minimum Gasteiger partial charge on any atom is -0.248 e. The van der Waals surface area contributed by atoms with Gasteiger partial charge in [0.2, 0.25) is 0 Å². The van der Waals surface area contributed by atoms with Crippen LogP contribution < -0.4 is 0 Å². The van der Waals surface area contributed by atoms with Crippen LogP contribution in [0.3, 0.4) is 0 Å². The fourth-order valence-corrected chi connectivity index (χ4v) is 20.0. The number of aromatic nitrogens is 1. The molecule has 0 N–H and O–H groups in total. The predicted octanol–water partition coefficient (Wildman–Crippen LogP) is 39.8. The molecule has 0 radical (unpaired) electrons. The third kappa shape index (κ3) is 20.4. The molecule has 696 valence electrons. The molecular formula is C139H135N. The van der Waals surface area contributed by atoms with Crippen LogP contribution in [-0.2, 0) is 43.3 Å². The van der Waals surface area contributed by atoms with Crippen molar-refractivity contribution in [2.24, 2.45) is 0 Å². The lowest BCUT2D eigenvalue weighted by Crippen LogP contribution is -2.10. The largest absolute Gasteiger partial charge is 0.248 e. The van der Waals surface area contributed by atoms with Gasteiger partial charge in [0, 0.05) is 10.9 Å². The van der Waals surface area contributed by atoms with Crippen molar-refractivity contribution < 1.29 is 0 Å². The molecular weight excluding hydrogens is 1680 g/mol. The third-order valence-corrected chi connectivity index (χ3v) is 29.0. The minimum atomic E-state index is -0.0249. The van der Waals surface area contributed by atoms with Crippen LogP contribution in [0.1, 0.15) is 222 Å². The molecule has 0 bridgehead atoms. The second-order valence-corrected chi connectivity index (χ2v) is 48.0. The van der Waals surface area contributed by atoms with Crippen LogP contribution >= 0.6 is 0 Å². The van der Waals surface area contributed by atoms with E-state index in [4.69, 9.17) is 4.98 Å². The van der Waals surface area contributed by atoms with Gasteiger partial charge in [0.05, 0.1) is 11.2 Å². The fourth-order valence-electron chi connectivity index (χ4n) is 20.0. The zero-order valence-corrected chi connectivity index (χ0v) is 86.8. The molecule has 1 aliphatic carbocycles. The van der Waals surface area contributed by atoms with Crippen LogP contribution in [0.4, 0.5) is 0 Å². The van der Waals surface area contributed by atoms with Gasteiger partial charge in [-0.3, -0.25) is 0 Å². The summed E-state index contributed by atoms with van der Waals surface area (Å²) in [6.07, 6.45) is 4.48. The quantitative estimate of drug-likeness (QED) is 0.0940.